The van der Waals surface area contributed by atoms with Gasteiger partial charge in [-0.3, -0.25) is 0 Å². The Morgan fingerprint density at radius 1 is 1.14 bits per heavy atom. The van der Waals surface area contributed by atoms with E-state index in [1.54, 1.807) is 0 Å². The van der Waals surface area contributed by atoms with Gasteiger partial charge in [-0.05, 0) is 34.1 Å². The zero-order valence-electron chi connectivity index (χ0n) is 10.4. The smallest absolute Gasteiger partial charge is 0.0787 e. The Labute approximate surface area is 89.0 Å². The third-order valence-corrected chi connectivity index (χ3v) is 1.80. The molecule has 0 saturated heterocycles. The fraction of sp³-hybridized carbons (Fsp3) is 1.00. The van der Waals surface area contributed by atoms with E-state index in [1.807, 2.05) is 0 Å². The van der Waals surface area contributed by atoms with Crippen molar-refractivity contribution in [1.82, 2.24) is 0 Å². The average Bonchev–Trinajstić information content (AvgIpc) is 2.00. The maximum Gasteiger partial charge on any atom is 0.0787 e. The lowest BCUT2D eigenvalue weighted by atomic mass is 10.2. The third-order valence-electron chi connectivity index (χ3n) is 1.80. The molecule has 0 radical (unpaired) electrons. The molecule has 1 atom stereocenters. The zero-order chi connectivity index (χ0) is 11.0. The van der Waals surface area contributed by atoms with Crippen LogP contribution in [0.2, 0.25) is 0 Å². The SMILES string of the molecule is CCCCCOCC(C)OC(C)(C)C. The molecule has 0 spiro atoms. The van der Waals surface area contributed by atoms with Crippen molar-refractivity contribution in [3.05, 3.63) is 0 Å². The summed E-state index contributed by atoms with van der Waals surface area (Å²) in [6.07, 6.45) is 3.86. The predicted octanol–water partition coefficient (Wildman–Crippen LogP) is 3.40. The molecule has 0 bridgehead atoms. The highest BCUT2D eigenvalue weighted by molar-refractivity contribution is 4.62. The predicted molar refractivity (Wildman–Crippen MR) is 60.6 cm³/mol. The van der Waals surface area contributed by atoms with Gasteiger partial charge in [0.25, 0.3) is 0 Å². The van der Waals surface area contributed by atoms with Crippen molar-refractivity contribution in [2.45, 2.75) is 65.6 Å². The molecule has 0 aromatic heterocycles. The molecular weight excluding hydrogens is 176 g/mol. The molecule has 0 fully saturated rings. The maximum atomic E-state index is 5.72. The van der Waals surface area contributed by atoms with Gasteiger partial charge in [-0.1, -0.05) is 19.8 Å². The van der Waals surface area contributed by atoms with Gasteiger partial charge >= 0.3 is 0 Å². The van der Waals surface area contributed by atoms with E-state index in [4.69, 9.17) is 9.47 Å². The van der Waals surface area contributed by atoms with Crippen LogP contribution in [-0.4, -0.2) is 24.9 Å². The van der Waals surface area contributed by atoms with Gasteiger partial charge in [0.1, 0.15) is 0 Å². The van der Waals surface area contributed by atoms with E-state index in [2.05, 4.69) is 34.6 Å². The molecule has 0 aromatic carbocycles. The first kappa shape index (κ1) is 13.9. The molecule has 0 heterocycles. The van der Waals surface area contributed by atoms with E-state index < -0.39 is 0 Å². The minimum atomic E-state index is -0.0633. The summed E-state index contributed by atoms with van der Waals surface area (Å²) >= 11 is 0. The van der Waals surface area contributed by atoms with Crippen LogP contribution in [0.1, 0.15) is 53.9 Å². The van der Waals surface area contributed by atoms with Gasteiger partial charge in [-0.2, -0.15) is 0 Å². The largest absolute Gasteiger partial charge is 0.379 e. The molecule has 1 unspecified atom stereocenters. The second kappa shape index (κ2) is 7.24. The molecule has 2 heteroatoms. The fourth-order valence-electron chi connectivity index (χ4n) is 1.34. The fourth-order valence-corrected chi connectivity index (χ4v) is 1.34. The average molecular weight is 202 g/mol. The second-order valence-corrected chi connectivity index (χ2v) is 4.82. The van der Waals surface area contributed by atoms with Gasteiger partial charge in [0.05, 0.1) is 18.3 Å². The van der Waals surface area contributed by atoms with E-state index in [9.17, 15) is 0 Å². The zero-order valence-corrected chi connectivity index (χ0v) is 10.4. The Kier molecular flexibility index (Phi) is 7.20. The van der Waals surface area contributed by atoms with E-state index >= 15 is 0 Å². The van der Waals surface area contributed by atoms with Crippen LogP contribution in [0.3, 0.4) is 0 Å². The van der Waals surface area contributed by atoms with Crippen LogP contribution in [0.5, 0.6) is 0 Å². The minimum Gasteiger partial charge on any atom is -0.379 e. The Hall–Kier alpha value is -0.0800. The Balaban J connectivity index is 3.31. The molecular formula is C12H26O2. The van der Waals surface area contributed by atoms with Crippen LogP contribution >= 0.6 is 0 Å². The van der Waals surface area contributed by atoms with Crippen LogP contribution in [0.15, 0.2) is 0 Å². The number of hydrogen-bond donors (Lipinski definition) is 0. The normalized spacial score (nSPS) is 14.4. The summed E-state index contributed by atoms with van der Waals surface area (Å²) < 4.78 is 11.2. The van der Waals surface area contributed by atoms with Crippen LogP contribution in [0.4, 0.5) is 0 Å². The summed E-state index contributed by atoms with van der Waals surface area (Å²) in [6.45, 7) is 12.0. The molecule has 86 valence electrons. The van der Waals surface area contributed by atoms with E-state index in [-0.39, 0.29) is 11.7 Å². The Morgan fingerprint density at radius 3 is 2.29 bits per heavy atom. The highest BCUT2D eigenvalue weighted by Crippen LogP contribution is 2.10. The standard InChI is InChI=1S/C12H26O2/c1-6-7-8-9-13-10-11(2)14-12(3,4)5/h11H,6-10H2,1-5H3. The lowest BCUT2D eigenvalue weighted by molar-refractivity contribution is -0.0842. The van der Waals surface area contributed by atoms with Crippen LogP contribution in [-0.2, 0) is 9.47 Å². The monoisotopic (exact) mass is 202 g/mol. The van der Waals surface area contributed by atoms with Crippen molar-refractivity contribution in [1.29, 1.82) is 0 Å². The summed E-state index contributed by atoms with van der Waals surface area (Å²) in [7, 11) is 0. The van der Waals surface area contributed by atoms with Crippen molar-refractivity contribution in [2.75, 3.05) is 13.2 Å². The summed E-state index contributed by atoms with van der Waals surface area (Å²) in [4.78, 5) is 0. The van der Waals surface area contributed by atoms with E-state index in [1.165, 1.54) is 19.3 Å². The molecule has 0 aliphatic rings. The van der Waals surface area contributed by atoms with Crippen LogP contribution < -0.4 is 0 Å². The summed E-state index contributed by atoms with van der Waals surface area (Å²) in [6, 6.07) is 0. The highest BCUT2D eigenvalue weighted by Gasteiger charge is 2.14. The Bertz CT molecular complexity index is 127. The molecule has 2 nitrogen and oxygen atoms in total. The molecule has 0 amide bonds. The van der Waals surface area contributed by atoms with Crippen molar-refractivity contribution >= 4 is 0 Å². The number of hydrogen-bond acceptors (Lipinski definition) is 2. The van der Waals surface area contributed by atoms with Crippen molar-refractivity contribution < 1.29 is 9.47 Å². The topological polar surface area (TPSA) is 18.5 Å². The summed E-state index contributed by atoms with van der Waals surface area (Å²) in [5.74, 6) is 0. The van der Waals surface area contributed by atoms with Gasteiger partial charge in [0.15, 0.2) is 0 Å². The van der Waals surface area contributed by atoms with Gasteiger partial charge in [0.2, 0.25) is 0 Å². The Morgan fingerprint density at radius 2 is 1.79 bits per heavy atom. The highest BCUT2D eigenvalue weighted by atomic mass is 16.5. The first-order valence-corrected chi connectivity index (χ1v) is 5.71. The molecule has 0 aliphatic carbocycles. The van der Waals surface area contributed by atoms with Gasteiger partial charge in [-0.15, -0.1) is 0 Å². The van der Waals surface area contributed by atoms with Crippen LogP contribution in [0, 0.1) is 0 Å². The summed E-state index contributed by atoms with van der Waals surface area (Å²) in [5.41, 5.74) is -0.0633. The number of ether oxygens (including phenoxy) is 2. The van der Waals surface area contributed by atoms with E-state index in [0.717, 1.165) is 6.61 Å². The lowest BCUT2D eigenvalue weighted by Crippen LogP contribution is -2.28. The first-order valence-electron chi connectivity index (χ1n) is 5.71. The summed E-state index contributed by atoms with van der Waals surface area (Å²) in [5, 5.41) is 0. The number of rotatable bonds is 7. The third kappa shape index (κ3) is 10.0. The van der Waals surface area contributed by atoms with Gasteiger partial charge < -0.3 is 9.47 Å². The number of unbranched alkanes of at least 4 members (excludes halogenated alkanes) is 2. The first-order chi connectivity index (χ1) is 6.45. The van der Waals surface area contributed by atoms with Gasteiger partial charge in [0, 0.05) is 6.61 Å². The van der Waals surface area contributed by atoms with E-state index in [0.29, 0.717) is 6.61 Å². The molecule has 0 saturated carbocycles. The van der Waals surface area contributed by atoms with Crippen molar-refractivity contribution in [2.24, 2.45) is 0 Å². The molecule has 0 aliphatic heterocycles. The molecule has 14 heavy (non-hydrogen) atoms. The molecule has 0 aromatic rings. The van der Waals surface area contributed by atoms with Crippen LogP contribution in [0.25, 0.3) is 0 Å². The molecule has 0 N–H and O–H groups in total. The lowest BCUT2D eigenvalue weighted by Gasteiger charge is -2.24. The molecule has 0 rings (SSSR count). The van der Waals surface area contributed by atoms with Crippen molar-refractivity contribution in [3.63, 3.8) is 0 Å². The van der Waals surface area contributed by atoms with Crippen molar-refractivity contribution in [3.8, 4) is 0 Å². The van der Waals surface area contributed by atoms with Gasteiger partial charge in [-0.25, -0.2) is 0 Å². The quantitative estimate of drug-likeness (QED) is 0.589. The minimum absolute atomic E-state index is 0.0633. The second-order valence-electron chi connectivity index (χ2n) is 4.82. The maximum absolute atomic E-state index is 5.72.